The zero-order valence-electron chi connectivity index (χ0n) is 9.89. The average molecular weight is 234 g/mol. The van der Waals surface area contributed by atoms with Crippen molar-refractivity contribution < 1.29 is 9.53 Å². The van der Waals surface area contributed by atoms with Gasteiger partial charge in [-0.2, -0.15) is 0 Å². The van der Waals surface area contributed by atoms with E-state index in [1.165, 1.54) is 0 Å². The molecule has 1 aromatic carbocycles. The highest BCUT2D eigenvalue weighted by atomic mass is 16.5. The van der Waals surface area contributed by atoms with Crippen LogP contribution in [-0.2, 0) is 11.2 Å². The fourth-order valence-electron chi connectivity index (χ4n) is 2.04. The first-order valence-electron chi connectivity index (χ1n) is 5.98. The summed E-state index contributed by atoms with van der Waals surface area (Å²) in [5.41, 5.74) is 7.37. The third kappa shape index (κ3) is 2.84. The summed E-state index contributed by atoms with van der Waals surface area (Å²) in [6.07, 6.45) is 0.742. The van der Waals surface area contributed by atoms with Crippen molar-refractivity contribution >= 4 is 5.91 Å². The molecule has 0 atom stereocenters. The molecule has 2 N–H and O–H groups in total. The van der Waals surface area contributed by atoms with E-state index in [9.17, 15) is 4.79 Å². The lowest BCUT2D eigenvalue weighted by Gasteiger charge is -2.27. The number of amides is 1. The van der Waals surface area contributed by atoms with Crippen LogP contribution >= 0.6 is 0 Å². The lowest BCUT2D eigenvalue weighted by molar-refractivity contribution is 0.0302. The summed E-state index contributed by atoms with van der Waals surface area (Å²) in [5, 5.41) is 0. The number of carbonyl (C=O) groups is 1. The number of nitrogens with two attached hydrogens (primary N) is 1. The Kier molecular flexibility index (Phi) is 4.12. The van der Waals surface area contributed by atoms with Gasteiger partial charge in [-0.05, 0) is 24.6 Å². The van der Waals surface area contributed by atoms with E-state index in [0.29, 0.717) is 32.8 Å². The van der Waals surface area contributed by atoms with Crippen molar-refractivity contribution in [1.82, 2.24) is 4.90 Å². The van der Waals surface area contributed by atoms with Gasteiger partial charge in [-0.15, -0.1) is 0 Å². The molecule has 1 fully saturated rings. The second-order valence-corrected chi connectivity index (χ2v) is 4.10. The van der Waals surface area contributed by atoms with Crippen molar-refractivity contribution in [1.29, 1.82) is 0 Å². The lowest BCUT2D eigenvalue weighted by Crippen LogP contribution is -2.41. The van der Waals surface area contributed by atoms with Crippen LogP contribution in [0.15, 0.2) is 24.3 Å². The Balaban J connectivity index is 2.17. The Bertz CT molecular complexity index is 387. The molecular formula is C13H18N2O2. The van der Waals surface area contributed by atoms with Gasteiger partial charge in [0.15, 0.2) is 0 Å². The topological polar surface area (TPSA) is 55.6 Å². The molecule has 0 unspecified atom stereocenters. The zero-order valence-corrected chi connectivity index (χ0v) is 9.89. The van der Waals surface area contributed by atoms with Gasteiger partial charge in [0.05, 0.1) is 13.2 Å². The molecule has 92 valence electrons. The maximum atomic E-state index is 12.3. The molecule has 0 aliphatic carbocycles. The Morgan fingerprint density at radius 3 is 2.71 bits per heavy atom. The van der Waals surface area contributed by atoms with Gasteiger partial charge in [0.2, 0.25) is 0 Å². The van der Waals surface area contributed by atoms with Gasteiger partial charge in [0, 0.05) is 18.7 Å². The number of morpholine rings is 1. The van der Waals surface area contributed by atoms with E-state index in [4.69, 9.17) is 10.5 Å². The predicted molar refractivity (Wildman–Crippen MR) is 65.9 cm³/mol. The van der Waals surface area contributed by atoms with E-state index in [-0.39, 0.29) is 5.91 Å². The molecule has 0 aromatic heterocycles. The number of hydrogen-bond acceptors (Lipinski definition) is 3. The largest absolute Gasteiger partial charge is 0.378 e. The molecule has 0 radical (unpaired) electrons. The van der Waals surface area contributed by atoms with Crippen LogP contribution in [0.2, 0.25) is 0 Å². The summed E-state index contributed by atoms with van der Waals surface area (Å²) < 4.78 is 5.25. The first-order chi connectivity index (χ1) is 8.33. The van der Waals surface area contributed by atoms with Crippen LogP contribution < -0.4 is 5.73 Å². The van der Waals surface area contributed by atoms with Crippen LogP contribution in [0.25, 0.3) is 0 Å². The summed E-state index contributed by atoms with van der Waals surface area (Å²) in [6.45, 7) is 3.18. The van der Waals surface area contributed by atoms with E-state index in [0.717, 1.165) is 17.5 Å². The summed E-state index contributed by atoms with van der Waals surface area (Å²) in [4.78, 5) is 14.2. The summed E-state index contributed by atoms with van der Waals surface area (Å²) in [6, 6.07) is 7.69. The molecule has 0 spiro atoms. The fraction of sp³-hybridized carbons (Fsp3) is 0.462. The SMILES string of the molecule is NCCc1ccccc1C(=O)N1CCOCC1. The maximum Gasteiger partial charge on any atom is 0.254 e. The Labute approximate surface area is 101 Å². The minimum absolute atomic E-state index is 0.0948. The molecular weight excluding hydrogens is 216 g/mol. The highest BCUT2D eigenvalue weighted by molar-refractivity contribution is 5.95. The van der Waals surface area contributed by atoms with Crippen LogP contribution in [0.3, 0.4) is 0 Å². The van der Waals surface area contributed by atoms with Crippen molar-refractivity contribution in [3.05, 3.63) is 35.4 Å². The highest BCUT2D eigenvalue weighted by Crippen LogP contribution is 2.13. The van der Waals surface area contributed by atoms with Crippen molar-refractivity contribution in [3.8, 4) is 0 Å². The van der Waals surface area contributed by atoms with Gasteiger partial charge >= 0.3 is 0 Å². The number of benzene rings is 1. The number of carbonyl (C=O) groups excluding carboxylic acids is 1. The molecule has 2 rings (SSSR count). The lowest BCUT2D eigenvalue weighted by atomic mass is 10.0. The Morgan fingerprint density at radius 2 is 2.00 bits per heavy atom. The van der Waals surface area contributed by atoms with Gasteiger partial charge in [0.1, 0.15) is 0 Å². The Hall–Kier alpha value is -1.39. The fourth-order valence-corrected chi connectivity index (χ4v) is 2.04. The molecule has 1 aliphatic rings. The molecule has 17 heavy (non-hydrogen) atoms. The van der Waals surface area contributed by atoms with Crippen LogP contribution in [0.4, 0.5) is 0 Å². The third-order valence-corrected chi connectivity index (χ3v) is 2.96. The molecule has 1 amide bonds. The second-order valence-electron chi connectivity index (χ2n) is 4.10. The molecule has 4 heteroatoms. The van der Waals surface area contributed by atoms with Gasteiger partial charge in [0.25, 0.3) is 5.91 Å². The first kappa shape index (κ1) is 12.1. The number of rotatable bonds is 3. The van der Waals surface area contributed by atoms with Crippen LogP contribution in [0.5, 0.6) is 0 Å². The molecule has 1 aromatic rings. The predicted octanol–water partition coefficient (Wildman–Crippen LogP) is 0.660. The molecule has 1 saturated heterocycles. The van der Waals surface area contributed by atoms with Gasteiger partial charge < -0.3 is 15.4 Å². The second kappa shape index (κ2) is 5.80. The van der Waals surface area contributed by atoms with E-state index in [1.54, 1.807) is 0 Å². The standard InChI is InChI=1S/C13H18N2O2/c14-6-5-11-3-1-2-4-12(11)13(16)15-7-9-17-10-8-15/h1-4H,5-10,14H2. The monoisotopic (exact) mass is 234 g/mol. The van der Waals surface area contributed by atoms with Gasteiger partial charge in [-0.1, -0.05) is 18.2 Å². The average Bonchev–Trinajstić information content (AvgIpc) is 2.40. The minimum Gasteiger partial charge on any atom is -0.378 e. The molecule has 0 bridgehead atoms. The minimum atomic E-state index is 0.0948. The normalized spacial score (nSPS) is 15.9. The van der Waals surface area contributed by atoms with E-state index >= 15 is 0 Å². The van der Waals surface area contributed by atoms with Crippen LogP contribution in [0, 0.1) is 0 Å². The van der Waals surface area contributed by atoms with Gasteiger partial charge in [-0.3, -0.25) is 4.79 Å². The number of hydrogen-bond donors (Lipinski definition) is 1. The van der Waals surface area contributed by atoms with Crippen molar-refractivity contribution in [3.63, 3.8) is 0 Å². The van der Waals surface area contributed by atoms with E-state index in [1.807, 2.05) is 29.2 Å². The molecule has 1 heterocycles. The molecule has 4 nitrogen and oxygen atoms in total. The van der Waals surface area contributed by atoms with Crippen molar-refractivity contribution in [2.24, 2.45) is 5.73 Å². The molecule has 0 saturated carbocycles. The van der Waals surface area contributed by atoms with E-state index < -0.39 is 0 Å². The van der Waals surface area contributed by atoms with Crippen LogP contribution in [0.1, 0.15) is 15.9 Å². The quantitative estimate of drug-likeness (QED) is 0.836. The van der Waals surface area contributed by atoms with Crippen molar-refractivity contribution in [2.45, 2.75) is 6.42 Å². The smallest absolute Gasteiger partial charge is 0.254 e. The number of nitrogens with zero attached hydrogens (tertiary/aromatic N) is 1. The zero-order chi connectivity index (χ0) is 12.1. The maximum absolute atomic E-state index is 12.3. The summed E-state index contributed by atoms with van der Waals surface area (Å²) in [5.74, 6) is 0.0948. The van der Waals surface area contributed by atoms with Crippen LogP contribution in [-0.4, -0.2) is 43.7 Å². The number of ether oxygens (including phenoxy) is 1. The Morgan fingerprint density at radius 1 is 1.29 bits per heavy atom. The first-order valence-corrected chi connectivity index (χ1v) is 5.98. The molecule has 1 aliphatic heterocycles. The van der Waals surface area contributed by atoms with E-state index in [2.05, 4.69) is 0 Å². The summed E-state index contributed by atoms with van der Waals surface area (Å²) in [7, 11) is 0. The van der Waals surface area contributed by atoms with Gasteiger partial charge in [-0.25, -0.2) is 0 Å². The van der Waals surface area contributed by atoms with Crippen molar-refractivity contribution in [2.75, 3.05) is 32.8 Å². The highest BCUT2D eigenvalue weighted by Gasteiger charge is 2.20. The third-order valence-electron chi connectivity index (χ3n) is 2.96. The summed E-state index contributed by atoms with van der Waals surface area (Å²) >= 11 is 0.